The van der Waals surface area contributed by atoms with Gasteiger partial charge in [0.1, 0.15) is 24.1 Å². The number of hydrogen-bond acceptors (Lipinski definition) is 11. The monoisotopic (exact) mass is 813 g/mol. The summed E-state index contributed by atoms with van der Waals surface area (Å²) in [5.74, 6) is -4.10. The quantitative estimate of drug-likeness (QED) is 0.0812. The standard InChI is InChI=1S/C41H47N7O11/c1-23(2)35(45-31(50)7-5-4-6-18-46-33(52)16-17-34(46)53)38(55)43-20-32(51)44-27-12-9-25(10-13-27)22-59-41(58)48-36-28(14-8-24(3)37(36)54)39(56)47-21-26(11-15-30(42)49)19-29(47)40(48)57/h8-17,21,23,29,35,40,54,57H,4-7,18-20,22H2,1-3H3,(H2,42,49)(H,43,55)(H,44,51)(H,45,50)/b15-11+/t29-,35?,40-/m0/s1. The summed E-state index contributed by atoms with van der Waals surface area (Å²) in [7, 11) is 0. The molecule has 0 aliphatic carbocycles. The van der Waals surface area contributed by atoms with Crippen molar-refractivity contribution in [1.29, 1.82) is 0 Å². The normalized spacial score (nSPS) is 17.7. The Balaban J connectivity index is 1.11. The number of imide groups is 1. The number of phenolic OH excluding ortho intramolecular Hbond substituents is 1. The molecule has 5 rings (SSSR count). The number of amides is 8. The molecule has 7 N–H and O–H groups in total. The fourth-order valence-corrected chi connectivity index (χ4v) is 6.71. The number of ether oxygens (including phenoxy) is 1. The largest absolute Gasteiger partial charge is 0.505 e. The van der Waals surface area contributed by atoms with Crippen LogP contribution in [0, 0.1) is 12.8 Å². The third-order valence-electron chi connectivity index (χ3n) is 9.91. The summed E-state index contributed by atoms with van der Waals surface area (Å²) >= 11 is 0. The average Bonchev–Trinajstić information content (AvgIpc) is 3.75. The first-order valence-corrected chi connectivity index (χ1v) is 19.0. The molecule has 1 unspecified atom stereocenters. The van der Waals surface area contributed by atoms with E-state index in [2.05, 4.69) is 16.0 Å². The number of phenols is 1. The zero-order valence-corrected chi connectivity index (χ0v) is 32.8. The minimum absolute atomic E-state index is 0.0570. The van der Waals surface area contributed by atoms with Gasteiger partial charge in [0.2, 0.25) is 23.6 Å². The van der Waals surface area contributed by atoms with Gasteiger partial charge in [0.05, 0.1) is 18.2 Å². The number of benzene rings is 2. The van der Waals surface area contributed by atoms with E-state index in [0.29, 0.717) is 41.6 Å². The third-order valence-corrected chi connectivity index (χ3v) is 9.91. The SMILES string of the molecule is Cc1ccc2c(c1O)N(C(=O)OCc1ccc(NC(=O)CNC(=O)C(NC(=O)CCCCCN3C(=O)C=CC3=O)C(C)C)cc1)[C@@H](O)[C@@H]1CC(/C=C/C(N)=O)=CN1C2=O. The average molecular weight is 814 g/mol. The molecule has 0 aromatic heterocycles. The van der Waals surface area contributed by atoms with E-state index in [1.807, 2.05) is 0 Å². The van der Waals surface area contributed by atoms with Crippen LogP contribution in [0.1, 0.15) is 67.4 Å². The Morgan fingerprint density at radius 3 is 2.32 bits per heavy atom. The second kappa shape index (κ2) is 19.1. The number of aliphatic hydroxyl groups excluding tert-OH is 1. The maximum atomic E-state index is 13.6. The van der Waals surface area contributed by atoms with Crippen LogP contribution in [0.3, 0.4) is 0 Å². The van der Waals surface area contributed by atoms with Gasteiger partial charge in [-0.05, 0) is 67.0 Å². The minimum Gasteiger partial charge on any atom is -0.505 e. The number of hydrogen-bond donors (Lipinski definition) is 6. The van der Waals surface area contributed by atoms with Crippen LogP contribution >= 0.6 is 0 Å². The Labute approximate surface area is 339 Å². The Morgan fingerprint density at radius 1 is 0.966 bits per heavy atom. The van der Waals surface area contributed by atoms with Crippen molar-refractivity contribution < 1.29 is 53.3 Å². The van der Waals surface area contributed by atoms with Crippen molar-refractivity contribution in [3.8, 4) is 5.75 Å². The number of fused-ring (bicyclic) bond motifs is 2. The number of primary amides is 1. The first kappa shape index (κ1) is 43.3. The smallest absolute Gasteiger partial charge is 0.416 e. The fourth-order valence-electron chi connectivity index (χ4n) is 6.71. The number of unbranched alkanes of at least 4 members (excludes halogenated alkanes) is 2. The minimum atomic E-state index is -1.66. The number of aliphatic hydroxyl groups is 1. The lowest BCUT2D eigenvalue weighted by atomic mass is 10.0. The van der Waals surface area contributed by atoms with Crippen LogP contribution in [0.2, 0.25) is 0 Å². The van der Waals surface area contributed by atoms with E-state index in [9.17, 15) is 48.6 Å². The summed E-state index contributed by atoms with van der Waals surface area (Å²) < 4.78 is 5.55. The highest BCUT2D eigenvalue weighted by atomic mass is 16.6. The van der Waals surface area contributed by atoms with Crippen molar-refractivity contribution in [3.05, 3.63) is 89.2 Å². The number of nitrogens with two attached hydrogens (primary N) is 1. The molecule has 0 saturated carbocycles. The number of carbonyl (C=O) groups is 8. The van der Waals surface area contributed by atoms with E-state index in [1.165, 1.54) is 41.5 Å². The van der Waals surface area contributed by atoms with Gasteiger partial charge >= 0.3 is 6.09 Å². The van der Waals surface area contributed by atoms with E-state index in [4.69, 9.17) is 10.5 Å². The predicted molar refractivity (Wildman–Crippen MR) is 212 cm³/mol. The number of nitrogens with zero attached hydrogens (tertiary/aromatic N) is 3. The number of aromatic hydroxyl groups is 1. The molecule has 0 saturated heterocycles. The number of allylic oxidation sites excluding steroid dienone is 1. The van der Waals surface area contributed by atoms with Crippen LogP contribution in [0.5, 0.6) is 5.75 Å². The van der Waals surface area contributed by atoms with Gasteiger partial charge in [-0.1, -0.05) is 44.5 Å². The first-order chi connectivity index (χ1) is 28.0. The van der Waals surface area contributed by atoms with Gasteiger partial charge in [0.25, 0.3) is 17.7 Å². The molecule has 3 aliphatic heterocycles. The van der Waals surface area contributed by atoms with Crippen LogP contribution < -0.4 is 26.6 Å². The Hall–Kier alpha value is -6.82. The van der Waals surface area contributed by atoms with Crippen molar-refractivity contribution >= 4 is 58.8 Å². The van der Waals surface area contributed by atoms with Gasteiger partial charge in [0, 0.05) is 43.1 Å². The number of aryl methyl sites for hydroxylation is 1. The van der Waals surface area contributed by atoms with E-state index in [1.54, 1.807) is 45.0 Å². The summed E-state index contributed by atoms with van der Waals surface area (Å²) in [4.78, 5) is 103. The fraction of sp³-hybridized carbons (Fsp3) is 0.366. The van der Waals surface area contributed by atoms with Gasteiger partial charge in [-0.2, -0.15) is 0 Å². The molecule has 59 heavy (non-hydrogen) atoms. The van der Waals surface area contributed by atoms with Crippen LogP contribution in [0.4, 0.5) is 16.2 Å². The third kappa shape index (κ3) is 10.6. The molecule has 0 spiro atoms. The topological polar surface area (TPSA) is 258 Å². The zero-order valence-electron chi connectivity index (χ0n) is 32.8. The van der Waals surface area contributed by atoms with Crippen LogP contribution in [0.25, 0.3) is 0 Å². The van der Waals surface area contributed by atoms with Crippen molar-refractivity contribution in [1.82, 2.24) is 20.4 Å². The van der Waals surface area contributed by atoms with Gasteiger partial charge < -0.3 is 41.5 Å². The molecule has 8 amide bonds. The molecular formula is C41H47N7O11. The lowest BCUT2D eigenvalue weighted by molar-refractivity contribution is -0.137. The molecule has 2 aromatic carbocycles. The van der Waals surface area contributed by atoms with E-state index >= 15 is 0 Å². The van der Waals surface area contributed by atoms with Crippen LogP contribution in [-0.4, -0.2) is 98.9 Å². The van der Waals surface area contributed by atoms with Gasteiger partial charge in [-0.25, -0.2) is 9.69 Å². The molecule has 0 bridgehead atoms. The van der Waals surface area contributed by atoms with Crippen molar-refractivity contribution in [2.75, 3.05) is 23.3 Å². The second-order valence-electron chi connectivity index (χ2n) is 14.6. The number of nitrogens with one attached hydrogen (secondary N) is 3. The van der Waals surface area contributed by atoms with E-state index in [0.717, 1.165) is 15.9 Å². The number of rotatable bonds is 16. The molecule has 18 heteroatoms. The highest BCUT2D eigenvalue weighted by molar-refractivity contribution is 6.13. The first-order valence-electron chi connectivity index (χ1n) is 19.0. The molecule has 312 valence electrons. The van der Waals surface area contributed by atoms with Gasteiger partial charge in [-0.3, -0.25) is 38.5 Å². The summed E-state index contributed by atoms with van der Waals surface area (Å²) in [6, 6.07) is 7.31. The molecular weight excluding hydrogens is 766 g/mol. The number of carbonyl (C=O) groups excluding carboxylic acids is 8. The maximum absolute atomic E-state index is 13.6. The van der Waals surface area contributed by atoms with Crippen molar-refractivity contribution in [2.24, 2.45) is 11.7 Å². The van der Waals surface area contributed by atoms with Crippen molar-refractivity contribution in [2.45, 2.75) is 77.8 Å². The maximum Gasteiger partial charge on any atom is 0.416 e. The lowest BCUT2D eigenvalue weighted by Gasteiger charge is -2.31. The Bertz CT molecular complexity index is 2090. The predicted octanol–water partition coefficient (Wildman–Crippen LogP) is 2.00. The molecule has 3 atom stereocenters. The molecule has 0 fully saturated rings. The molecule has 3 aliphatic rings. The van der Waals surface area contributed by atoms with Crippen molar-refractivity contribution in [3.63, 3.8) is 0 Å². The van der Waals surface area contributed by atoms with Gasteiger partial charge in [-0.15, -0.1) is 0 Å². The summed E-state index contributed by atoms with van der Waals surface area (Å²) in [6.07, 6.45) is 5.54. The zero-order chi connectivity index (χ0) is 43.0. The Kier molecular flexibility index (Phi) is 14.0. The van der Waals surface area contributed by atoms with E-state index < -0.39 is 48.0 Å². The summed E-state index contributed by atoms with van der Waals surface area (Å²) in [5, 5.41) is 30.4. The van der Waals surface area contributed by atoms with Crippen LogP contribution in [-0.2, 0) is 40.1 Å². The highest BCUT2D eigenvalue weighted by Crippen LogP contribution is 2.42. The lowest BCUT2D eigenvalue weighted by Crippen LogP contribution is -2.51. The highest BCUT2D eigenvalue weighted by Gasteiger charge is 2.46. The Morgan fingerprint density at radius 2 is 1.66 bits per heavy atom. The number of anilines is 2. The molecule has 18 nitrogen and oxygen atoms in total. The summed E-state index contributed by atoms with van der Waals surface area (Å²) in [6.45, 7) is 4.68. The van der Waals surface area contributed by atoms with Crippen LogP contribution in [0.15, 0.2) is 72.5 Å². The molecule has 3 heterocycles. The second-order valence-corrected chi connectivity index (χ2v) is 14.6. The molecule has 0 radical (unpaired) electrons. The summed E-state index contributed by atoms with van der Waals surface area (Å²) in [5.41, 5.74) is 6.65. The van der Waals surface area contributed by atoms with Gasteiger partial charge in [0.15, 0.2) is 6.23 Å². The molecule has 2 aromatic rings. The van der Waals surface area contributed by atoms with E-state index in [-0.39, 0.29) is 73.2 Å².